The van der Waals surface area contributed by atoms with Crippen LogP contribution in [-0.2, 0) is 24.4 Å². The Bertz CT molecular complexity index is 568. The summed E-state index contributed by atoms with van der Waals surface area (Å²) in [4.78, 5) is 0. The van der Waals surface area contributed by atoms with Crippen LogP contribution < -0.4 is 0 Å². The first-order valence-corrected chi connectivity index (χ1v) is 9.58. The summed E-state index contributed by atoms with van der Waals surface area (Å²) >= 11 is 0. The zero-order chi connectivity index (χ0) is 21.8. The SMILES string of the molecule is C=COCCOC.C=COCCOC.CC(C)(c1ccccc1)c1ccccc1. The largest absolute Gasteiger partial charge is 0.499 e. The molecule has 29 heavy (non-hydrogen) atoms. The van der Waals surface area contributed by atoms with Crippen molar-refractivity contribution in [2.45, 2.75) is 19.3 Å². The van der Waals surface area contributed by atoms with E-state index in [2.05, 4.69) is 97.1 Å². The maximum absolute atomic E-state index is 4.71. The first-order chi connectivity index (χ1) is 14.0. The number of rotatable bonds is 10. The minimum absolute atomic E-state index is 0.0858. The molecule has 2 aromatic rings. The van der Waals surface area contributed by atoms with Gasteiger partial charge in [0.05, 0.1) is 25.7 Å². The molecule has 0 fully saturated rings. The van der Waals surface area contributed by atoms with Gasteiger partial charge in [0.25, 0.3) is 0 Å². The molecule has 0 saturated carbocycles. The average molecular weight is 401 g/mol. The maximum Gasteiger partial charge on any atom is 0.111 e. The number of ether oxygens (including phenoxy) is 4. The van der Waals surface area contributed by atoms with Crippen LogP contribution in [0.25, 0.3) is 0 Å². The van der Waals surface area contributed by atoms with E-state index in [9.17, 15) is 0 Å². The molecule has 0 aliphatic rings. The van der Waals surface area contributed by atoms with E-state index >= 15 is 0 Å². The van der Waals surface area contributed by atoms with Gasteiger partial charge >= 0.3 is 0 Å². The zero-order valence-electron chi connectivity index (χ0n) is 18.3. The van der Waals surface area contributed by atoms with Crippen molar-refractivity contribution in [2.75, 3.05) is 40.6 Å². The van der Waals surface area contributed by atoms with Gasteiger partial charge < -0.3 is 18.9 Å². The van der Waals surface area contributed by atoms with Crippen molar-refractivity contribution < 1.29 is 18.9 Å². The highest BCUT2D eigenvalue weighted by Crippen LogP contribution is 2.30. The van der Waals surface area contributed by atoms with Gasteiger partial charge in [-0.25, -0.2) is 0 Å². The van der Waals surface area contributed by atoms with E-state index in [-0.39, 0.29) is 5.41 Å². The summed E-state index contributed by atoms with van der Waals surface area (Å²) in [6.45, 7) is 13.7. The summed E-state index contributed by atoms with van der Waals surface area (Å²) in [7, 11) is 3.26. The molecule has 4 heteroatoms. The Morgan fingerprint density at radius 2 is 1.00 bits per heavy atom. The smallest absolute Gasteiger partial charge is 0.111 e. The third kappa shape index (κ3) is 12.5. The minimum Gasteiger partial charge on any atom is -0.499 e. The van der Waals surface area contributed by atoms with Crippen LogP contribution in [0.15, 0.2) is 86.3 Å². The molecular weight excluding hydrogens is 364 g/mol. The molecule has 0 heterocycles. The topological polar surface area (TPSA) is 36.9 Å². The molecule has 0 aromatic heterocycles. The Morgan fingerprint density at radius 3 is 1.28 bits per heavy atom. The van der Waals surface area contributed by atoms with Gasteiger partial charge in [-0.05, 0) is 11.1 Å². The summed E-state index contributed by atoms with van der Waals surface area (Å²) in [6, 6.07) is 21.3. The molecule has 2 aromatic carbocycles. The van der Waals surface area contributed by atoms with Crippen molar-refractivity contribution in [3.63, 3.8) is 0 Å². The van der Waals surface area contributed by atoms with Crippen LogP contribution in [0.4, 0.5) is 0 Å². The highest BCUT2D eigenvalue weighted by molar-refractivity contribution is 5.36. The molecule has 0 aliphatic carbocycles. The summed E-state index contributed by atoms with van der Waals surface area (Å²) in [5, 5.41) is 0. The number of hydrogen-bond acceptors (Lipinski definition) is 4. The summed E-state index contributed by atoms with van der Waals surface area (Å²) in [5.41, 5.74) is 2.80. The van der Waals surface area contributed by atoms with E-state index in [4.69, 9.17) is 9.47 Å². The zero-order valence-corrected chi connectivity index (χ0v) is 18.3. The Hall–Kier alpha value is -2.56. The maximum atomic E-state index is 4.71. The fraction of sp³-hybridized carbons (Fsp3) is 0.360. The first kappa shape index (κ1) is 26.4. The lowest BCUT2D eigenvalue weighted by atomic mass is 9.78. The van der Waals surface area contributed by atoms with E-state index in [1.807, 2.05) is 0 Å². The van der Waals surface area contributed by atoms with Crippen LogP contribution in [0.5, 0.6) is 0 Å². The Labute approximate surface area is 176 Å². The van der Waals surface area contributed by atoms with E-state index < -0.39 is 0 Å². The van der Waals surface area contributed by atoms with Gasteiger partial charge in [-0.2, -0.15) is 0 Å². The molecule has 0 aliphatic heterocycles. The highest BCUT2D eigenvalue weighted by atomic mass is 16.5. The second-order valence-electron chi connectivity index (χ2n) is 6.42. The molecule has 0 saturated heterocycles. The van der Waals surface area contributed by atoms with Crippen molar-refractivity contribution in [1.29, 1.82) is 0 Å². The standard InChI is InChI=1S/C15H16.2C5H10O2/c1-15(2,13-9-5-3-6-10-13)14-11-7-4-8-12-14;2*1-3-7-5-4-6-2/h3-12H,1-2H3;2*3H,1,4-5H2,2H3. The van der Waals surface area contributed by atoms with E-state index in [1.165, 1.54) is 23.7 Å². The van der Waals surface area contributed by atoms with Gasteiger partial charge in [0.1, 0.15) is 13.2 Å². The lowest BCUT2D eigenvalue weighted by Crippen LogP contribution is -2.18. The lowest BCUT2D eigenvalue weighted by Gasteiger charge is -2.25. The molecule has 0 N–H and O–H groups in total. The van der Waals surface area contributed by atoms with E-state index in [0.717, 1.165) is 0 Å². The molecule has 0 radical (unpaired) electrons. The van der Waals surface area contributed by atoms with E-state index in [0.29, 0.717) is 26.4 Å². The monoisotopic (exact) mass is 400 g/mol. The number of hydrogen-bond donors (Lipinski definition) is 0. The van der Waals surface area contributed by atoms with Gasteiger partial charge in [0.15, 0.2) is 0 Å². The quantitative estimate of drug-likeness (QED) is 0.384. The molecule has 0 spiro atoms. The lowest BCUT2D eigenvalue weighted by molar-refractivity contribution is 0.124. The van der Waals surface area contributed by atoms with Crippen LogP contribution in [0.1, 0.15) is 25.0 Å². The summed E-state index contributed by atoms with van der Waals surface area (Å²) in [5.74, 6) is 0. The van der Waals surface area contributed by atoms with Gasteiger partial charge in [0.2, 0.25) is 0 Å². The van der Waals surface area contributed by atoms with Gasteiger partial charge in [-0.15, -0.1) is 0 Å². The normalized spacial score (nSPS) is 9.79. The van der Waals surface area contributed by atoms with Crippen molar-refractivity contribution in [3.05, 3.63) is 97.5 Å². The molecule has 0 bridgehead atoms. The third-order valence-corrected chi connectivity index (χ3v) is 4.04. The summed E-state index contributed by atoms with van der Waals surface area (Å²) in [6.07, 6.45) is 2.80. The van der Waals surface area contributed by atoms with Crippen molar-refractivity contribution in [2.24, 2.45) is 0 Å². The van der Waals surface area contributed by atoms with Gasteiger partial charge in [-0.1, -0.05) is 87.7 Å². The third-order valence-electron chi connectivity index (χ3n) is 4.04. The Kier molecular flexibility index (Phi) is 16.0. The number of benzene rings is 2. The fourth-order valence-corrected chi connectivity index (χ4v) is 2.31. The van der Waals surface area contributed by atoms with Crippen molar-refractivity contribution >= 4 is 0 Å². The second kappa shape index (κ2) is 17.5. The molecule has 0 amide bonds. The minimum atomic E-state index is 0.0858. The molecule has 2 rings (SSSR count). The van der Waals surface area contributed by atoms with Gasteiger partial charge in [0, 0.05) is 19.6 Å². The number of methoxy groups -OCH3 is 2. The molecule has 160 valence electrons. The Morgan fingerprint density at radius 1 is 0.655 bits per heavy atom. The predicted molar refractivity (Wildman–Crippen MR) is 121 cm³/mol. The van der Waals surface area contributed by atoms with E-state index in [1.54, 1.807) is 14.2 Å². The van der Waals surface area contributed by atoms with Crippen LogP contribution in [0.2, 0.25) is 0 Å². The predicted octanol–water partition coefficient (Wildman–Crippen LogP) is 5.60. The van der Waals surface area contributed by atoms with Crippen LogP contribution in [0.3, 0.4) is 0 Å². The van der Waals surface area contributed by atoms with Gasteiger partial charge in [-0.3, -0.25) is 0 Å². The van der Waals surface area contributed by atoms with Crippen molar-refractivity contribution in [1.82, 2.24) is 0 Å². The fourth-order valence-electron chi connectivity index (χ4n) is 2.31. The molecular formula is C25H36O4. The summed E-state index contributed by atoms with van der Waals surface area (Å²) < 4.78 is 18.8. The van der Waals surface area contributed by atoms with Crippen LogP contribution in [-0.4, -0.2) is 40.6 Å². The molecule has 4 nitrogen and oxygen atoms in total. The highest BCUT2D eigenvalue weighted by Gasteiger charge is 2.21. The molecule has 0 unspecified atom stereocenters. The van der Waals surface area contributed by atoms with Crippen molar-refractivity contribution in [3.8, 4) is 0 Å². The van der Waals surface area contributed by atoms with Crippen LogP contribution in [0, 0.1) is 0 Å². The van der Waals surface area contributed by atoms with Crippen LogP contribution >= 0.6 is 0 Å². The first-order valence-electron chi connectivity index (χ1n) is 9.58. The molecule has 0 atom stereocenters. The average Bonchev–Trinajstić information content (AvgIpc) is 2.77. The second-order valence-corrected chi connectivity index (χ2v) is 6.42. The Balaban J connectivity index is 0.000000473.